The molecule has 0 aromatic heterocycles. The molecule has 5 heteroatoms. The second kappa shape index (κ2) is 8.56. The number of carboxylic acid groups (broad SMARTS) is 1. The lowest BCUT2D eigenvalue weighted by Gasteiger charge is -2.37. The van der Waals surface area contributed by atoms with Crippen LogP contribution in [0.4, 0.5) is 0 Å². The molecule has 1 heterocycles. The van der Waals surface area contributed by atoms with Crippen LogP contribution in [0.3, 0.4) is 0 Å². The van der Waals surface area contributed by atoms with Crippen LogP contribution in [0.25, 0.3) is 0 Å². The summed E-state index contributed by atoms with van der Waals surface area (Å²) >= 11 is 6.17. The van der Waals surface area contributed by atoms with Crippen molar-refractivity contribution in [1.29, 1.82) is 0 Å². The van der Waals surface area contributed by atoms with Gasteiger partial charge in [-0.15, -0.1) is 0 Å². The van der Waals surface area contributed by atoms with Gasteiger partial charge in [-0.3, -0.25) is 9.69 Å². The van der Waals surface area contributed by atoms with Gasteiger partial charge < -0.3 is 9.84 Å². The van der Waals surface area contributed by atoms with Crippen LogP contribution in [0.5, 0.6) is 5.75 Å². The number of carbonyl (C=O) groups is 1. The van der Waals surface area contributed by atoms with E-state index in [0.717, 1.165) is 42.8 Å². The number of rotatable bonds is 6. The summed E-state index contributed by atoms with van der Waals surface area (Å²) in [6.07, 6.45) is 1.68. The zero-order valence-corrected chi connectivity index (χ0v) is 15.7. The average molecular weight is 374 g/mol. The smallest absolute Gasteiger partial charge is 0.308 e. The number of carboxylic acids is 1. The molecule has 26 heavy (non-hydrogen) atoms. The van der Waals surface area contributed by atoms with Crippen molar-refractivity contribution >= 4 is 17.6 Å². The second-order valence-corrected chi connectivity index (χ2v) is 7.23. The van der Waals surface area contributed by atoms with Crippen LogP contribution in [0.1, 0.15) is 30.9 Å². The predicted octanol–water partition coefficient (Wildman–Crippen LogP) is 4.60. The van der Waals surface area contributed by atoms with Crippen molar-refractivity contribution in [1.82, 2.24) is 4.90 Å². The lowest BCUT2D eigenvalue weighted by atomic mass is 9.90. The van der Waals surface area contributed by atoms with Gasteiger partial charge >= 0.3 is 5.97 Å². The predicted molar refractivity (Wildman–Crippen MR) is 102 cm³/mol. The SMILES string of the molecule is C[C@@H]1[C@H](C(=O)O)CCCN1Cc1cccc(OCc2ccccc2Cl)c1. The van der Waals surface area contributed by atoms with Crippen molar-refractivity contribution in [2.24, 2.45) is 5.92 Å². The van der Waals surface area contributed by atoms with E-state index in [4.69, 9.17) is 16.3 Å². The van der Waals surface area contributed by atoms with Crippen LogP contribution in [0, 0.1) is 5.92 Å². The largest absolute Gasteiger partial charge is 0.489 e. The monoisotopic (exact) mass is 373 g/mol. The Bertz CT molecular complexity index is 764. The highest BCUT2D eigenvalue weighted by Crippen LogP contribution is 2.26. The fraction of sp³-hybridized carbons (Fsp3) is 0.381. The minimum Gasteiger partial charge on any atom is -0.489 e. The Hall–Kier alpha value is -2.04. The summed E-state index contributed by atoms with van der Waals surface area (Å²) in [5.41, 5.74) is 2.08. The number of piperidine rings is 1. The highest BCUT2D eigenvalue weighted by molar-refractivity contribution is 6.31. The number of hydrogen-bond acceptors (Lipinski definition) is 3. The van der Waals surface area contributed by atoms with Crippen LogP contribution in [-0.2, 0) is 17.9 Å². The molecule has 0 saturated carbocycles. The molecule has 0 bridgehead atoms. The van der Waals surface area contributed by atoms with Crippen LogP contribution < -0.4 is 4.74 Å². The van der Waals surface area contributed by atoms with E-state index in [9.17, 15) is 9.90 Å². The quantitative estimate of drug-likeness (QED) is 0.803. The summed E-state index contributed by atoms with van der Waals surface area (Å²) < 4.78 is 5.89. The van der Waals surface area contributed by atoms with E-state index in [1.165, 1.54) is 0 Å². The molecule has 1 aliphatic rings. The molecular weight excluding hydrogens is 350 g/mol. The number of hydrogen-bond donors (Lipinski definition) is 1. The maximum absolute atomic E-state index is 11.4. The standard InChI is InChI=1S/C21H24ClNO3/c1-15-19(21(24)25)9-5-11-23(15)13-16-6-4-8-18(12-16)26-14-17-7-2-3-10-20(17)22/h2-4,6-8,10,12,15,19H,5,9,11,13-14H2,1H3,(H,24,25)/t15-,19-/m1/s1. The third kappa shape index (κ3) is 4.57. The third-order valence-electron chi connectivity index (χ3n) is 5.07. The number of aliphatic carboxylic acids is 1. The minimum atomic E-state index is -0.695. The first-order chi connectivity index (χ1) is 12.5. The zero-order valence-electron chi connectivity index (χ0n) is 14.9. The minimum absolute atomic E-state index is 0.0361. The molecule has 1 aliphatic heterocycles. The van der Waals surface area contributed by atoms with E-state index in [2.05, 4.69) is 11.0 Å². The maximum atomic E-state index is 11.4. The van der Waals surface area contributed by atoms with E-state index in [1.54, 1.807) is 0 Å². The Labute approximate surface area is 159 Å². The lowest BCUT2D eigenvalue weighted by Crippen LogP contribution is -2.45. The molecule has 1 fully saturated rings. The summed E-state index contributed by atoms with van der Waals surface area (Å²) in [6, 6.07) is 15.7. The summed E-state index contributed by atoms with van der Waals surface area (Å²) in [4.78, 5) is 13.7. The van der Waals surface area contributed by atoms with E-state index in [1.807, 2.05) is 49.4 Å². The van der Waals surface area contributed by atoms with Crippen molar-refractivity contribution in [2.45, 2.75) is 39.0 Å². The fourth-order valence-electron chi connectivity index (χ4n) is 3.51. The molecule has 1 saturated heterocycles. The van der Waals surface area contributed by atoms with Crippen molar-refractivity contribution in [3.8, 4) is 5.75 Å². The van der Waals surface area contributed by atoms with E-state index in [-0.39, 0.29) is 12.0 Å². The summed E-state index contributed by atoms with van der Waals surface area (Å²) in [5.74, 6) is -0.190. The number of nitrogens with zero attached hydrogens (tertiary/aromatic N) is 1. The number of ether oxygens (including phenoxy) is 1. The van der Waals surface area contributed by atoms with Gasteiger partial charge in [-0.2, -0.15) is 0 Å². The molecular formula is C21H24ClNO3. The molecule has 0 unspecified atom stereocenters. The number of likely N-dealkylation sites (tertiary alicyclic amines) is 1. The van der Waals surface area contributed by atoms with Crippen molar-refractivity contribution in [3.05, 3.63) is 64.7 Å². The highest BCUT2D eigenvalue weighted by atomic mass is 35.5. The Morgan fingerprint density at radius 2 is 2.08 bits per heavy atom. The molecule has 2 aromatic carbocycles. The summed E-state index contributed by atoms with van der Waals surface area (Å²) in [6.45, 7) is 4.09. The van der Waals surface area contributed by atoms with Crippen LogP contribution >= 0.6 is 11.6 Å². The third-order valence-corrected chi connectivity index (χ3v) is 5.44. The van der Waals surface area contributed by atoms with Gasteiger partial charge in [-0.1, -0.05) is 41.9 Å². The van der Waals surface area contributed by atoms with Crippen molar-refractivity contribution < 1.29 is 14.6 Å². The first-order valence-electron chi connectivity index (χ1n) is 8.96. The molecule has 4 nitrogen and oxygen atoms in total. The van der Waals surface area contributed by atoms with E-state index < -0.39 is 5.97 Å². The normalized spacial score (nSPS) is 20.7. The van der Waals surface area contributed by atoms with Gasteiger partial charge in [0.15, 0.2) is 0 Å². The van der Waals surface area contributed by atoms with Gasteiger partial charge in [0.05, 0.1) is 5.92 Å². The van der Waals surface area contributed by atoms with Crippen LogP contribution in [0.2, 0.25) is 5.02 Å². The van der Waals surface area contributed by atoms with Gasteiger partial charge in [0.1, 0.15) is 12.4 Å². The lowest BCUT2D eigenvalue weighted by molar-refractivity contribution is -0.145. The highest BCUT2D eigenvalue weighted by Gasteiger charge is 2.32. The Morgan fingerprint density at radius 1 is 1.27 bits per heavy atom. The molecule has 0 amide bonds. The molecule has 1 N–H and O–H groups in total. The number of halogens is 1. The van der Waals surface area contributed by atoms with Gasteiger partial charge in [0.25, 0.3) is 0 Å². The number of benzene rings is 2. The summed E-state index contributed by atoms with van der Waals surface area (Å²) in [7, 11) is 0. The molecule has 0 radical (unpaired) electrons. The van der Waals surface area contributed by atoms with Crippen molar-refractivity contribution in [3.63, 3.8) is 0 Å². The van der Waals surface area contributed by atoms with Crippen molar-refractivity contribution in [2.75, 3.05) is 6.54 Å². The molecule has 138 valence electrons. The first kappa shape index (κ1) is 18.7. The second-order valence-electron chi connectivity index (χ2n) is 6.83. The molecule has 0 spiro atoms. The van der Waals surface area contributed by atoms with Gasteiger partial charge in [-0.05, 0) is 50.1 Å². The zero-order chi connectivity index (χ0) is 18.5. The molecule has 0 aliphatic carbocycles. The van der Waals surface area contributed by atoms with Gasteiger partial charge in [0.2, 0.25) is 0 Å². The molecule has 3 rings (SSSR count). The van der Waals surface area contributed by atoms with Gasteiger partial charge in [0, 0.05) is 23.2 Å². The molecule has 2 aromatic rings. The summed E-state index contributed by atoms with van der Waals surface area (Å²) in [5, 5.41) is 10.1. The van der Waals surface area contributed by atoms with Crippen LogP contribution in [-0.4, -0.2) is 28.6 Å². The topological polar surface area (TPSA) is 49.8 Å². The van der Waals surface area contributed by atoms with Crippen LogP contribution in [0.15, 0.2) is 48.5 Å². The average Bonchev–Trinajstić information content (AvgIpc) is 2.63. The Kier molecular flexibility index (Phi) is 6.17. The molecule has 2 atom stereocenters. The first-order valence-corrected chi connectivity index (χ1v) is 9.34. The van der Waals surface area contributed by atoms with E-state index in [0.29, 0.717) is 11.6 Å². The Morgan fingerprint density at radius 3 is 2.85 bits per heavy atom. The Balaban J connectivity index is 1.64. The van der Waals surface area contributed by atoms with E-state index >= 15 is 0 Å². The maximum Gasteiger partial charge on any atom is 0.308 e. The fourth-order valence-corrected chi connectivity index (χ4v) is 3.70. The van der Waals surface area contributed by atoms with Gasteiger partial charge in [-0.25, -0.2) is 0 Å².